The summed E-state index contributed by atoms with van der Waals surface area (Å²) in [6.07, 6.45) is 9.03. The normalized spacial score (nSPS) is 47.2. The van der Waals surface area contributed by atoms with E-state index in [-0.39, 0.29) is 29.1 Å². The Morgan fingerprint density at radius 3 is 2.79 bits per heavy atom. The second kappa shape index (κ2) is 5.74. The van der Waals surface area contributed by atoms with E-state index in [1.165, 1.54) is 18.9 Å². The second-order valence-corrected chi connectivity index (χ2v) is 8.75. The van der Waals surface area contributed by atoms with Crippen LogP contribution >= 0.6 is 0 Å². The maximum absolute atomic E-state index is 11.8. The monoisotopic (exact) mass is 326 g/mol. The number of carbonyl (C=O) groups is 2. The number of hydrogen-bond acceptors (Lipinski definition) is 3. The van der Waals surface area contributed by atoms with Gasteiger partial charge in [-0.25, -0.2) is 0 Å². The lowest BCUT2D eigenvalue weighted by atomic mass is 9.48. The van der Waals surface area contributed by atoms with E-state index in [2.05, 4.69) is 6.92 Å². The second-order valence-electron chi connectivity index (χ2n) is 8.75. The van der Waals surface area contributed by atoms with Crippen LogP contribution in [0.3, 0.4) is 0 Å². The van der Waals surface area contributed by atoms with Crippen molar-refractivity contribution in [3.05, 3.63) is 11.6 Å². The maximum atomic E-state index is 11.8. The Labute approximate surface area is 146 Å². The van der Waals surface area contributed by atoms with Crippen LogP contribution in [-0.2, 0) is 14.3 Å². The molecule has 0 N–H and O–H groups in total. The number of allylic oxidation sites excluding steroid dienone is 1. The van der Waals surface area contributed by atoms with E-state index in [0.29, 0.717) is 30.1 Å². The first-order valence-electron chi connectivity index (χ1n) is 9.57. The van der Waals surface area contributed by atoms with Gasteiger partial charge >= 0.3 is 5.97 Å². The summed E-state index contributed by atoms with van der Waals surface area (Å²) in [4.78, 5) is 23.3. The van der Waals surface area contributed by atoms with E-state index >= 15 is 0 Å². The summed E-state index contributed by atoms with van der Waals surface area (Å²) in [5.41, 5.74) is 1.34. The van der Waals surface area contributed by atoms with Crippen molar-refractivity contribution in [1.29, 1.82) is 0 Å². The topological polar surface area (TPSA) is 43.4 Å². The molecule has 128 valence electrons. The first-order chi connectivity index (χ1) is 11.4. The fourth-order valence-electron chi connectivity index (χ4n) is 6.60. The predicted molar refractivity (Wildman–Crippen MR) is 92.5 cm³/mol. The molecule has 0 saturated heterocycles. The molecule has 7 atom stereocenters. The number of ether oxygens (including phenoxy) is 1. The average molecular weight is 326 g/mol. The lowest BCUT2D eigenvalue weighted by Gasteiger charge is -2.55. The zero-order valence-corrected chi connectivity index (χ0v) is 14.8. The van der Waals surface area contributed by atoms with Crippen LogP contribution in [0.4, 0.5) is 0 Å². The van der Waals surface area contributed by atoms with E-state index in [1.54, 1.807) is 0 Å². The average Bonchev–Trinajstić information content (AvgIpc) is 2.84. The maximum Gasteiger partial charge on any atom is 0.302 e. The quantitative estimate of drug-likeness (QED) is 0.546. The van der Waals surface area contributed by atoms with Crippen molar-refractivity contribution in [3.8, 4) is 0 Å². The van der Waals surface area contributed by atoms with Gasteiger partial charge in [0.05, 0.1) is 7.85 Å². The van der Waals surface area contributed by atoms with Gasteiger partial charge in [-0.1, -0.05) is 24.7 Å². The molecule has 24 heavy (non-hydrogen) atoms. The Hall–Kier alpha value is -1.06. The first kappa shape index (κ1) is 16.4. The fourth-order valence-corrected chi connectivity index (χ4v) is 6.60. The van der Waals surface area contributed by atoms with E-state index in [4.69, 9.17) is 12.6 Å². The Kier molecular flexibility index (Phi) is 3.93. The zero-order chi connectivity index (χ0) is 17.1. The van der Waals surface area contributed by atoms with Crippen LogP contribution < -0.4 is 0 Å². The van der Waals surface area contributed by atoms with Gasteiger partial charge in [0.15, 0.2) is 5.78 Å². The van der Waals surface area contributed by atoms with E-state index in [9.17, 15) is 9.59 Å². The molecule has 0 aromatic carbocycles. The van der Waals surface area contributed by atoms with Gasteiger partial charge in [-0.3, -0.25) is 9.59 Å². The molecule has 3 saturated carbocycles. The third-order valence-electron chi connectivity index (χ3n) is 7.64. The predicted octanol–water partition coefficient (Wildman–Crippen LogP) is 3.63. The van der Waals surface area contributed by atoms with Crippen LogP contribution in [0, 0.1) is 29.1 Å². The Morgan fingerprint density at radius 2 is 2.04 bits per heavy atom. The van der Waals surface area contributed by atoms with Crippen molar-refractivity contribution in [2.75, 3.05) is 0 Å². The van der Waals surface area contributed by atoms with Gasteiger partial charge in [-0.2, -0.15) is 0 Å². The van der Waals surface area contributed by atoms with Gasteiger partial charge in [-0.05, 0) is 61.9 Å². The number of carbonyl (C=O) groups excluding carboxylic acids is 2. The van der Waals surface area contributed by atoms with Crippen LogP contribution in [0.5, 0.6) is 0 Å². The highest BCUT2D eigenvalue weighted by Crippen LogP contribution is 2.63. The molecular weight excluding hydrogens is 299 g/mol. The minimum atomic E-state index is -0.152. The first-order valence-corrected chi connectivity index (χ1v) is 9.57. The zero-order valence-electron chi connectivity index (χ0n) is 14.8. The molecule has 4 aliphatic carbocycles. The third-order valence-corrected chi connectivity index (χ3v) is 7.64. The molecule has 0 bridgehead atoms. The van der Waals surface area contributed by atoms with E-state index < -0.39 is 0 Å². The summed E-state index contributed by atoms with van der Waals surface area (Å²) in [7, 11) is 6.49. The molecular formula is C20H27BO3. The Morgan fingerprint density at radius 1 is 1.25 bits per heavy atom. The largest absolute Gasteiger partial charge is 0.462 e. The Balaban J connectivity index is 1.61. The van der Waals surface area contributed by atoms with Gasteiger partial charge in [0, 0.05) is 18.8 Å². The molecule has 0 aliphatic heterocycles. The molecule has 0 heterocycles. The molecule has 0 spiro atoms. The van der Waals surface area contributed by atoms with Crippen LogP contribution in [0.2, 0.25) is 5.82 Å². The lowest BCUT2D eigenvalue weighted by Crippen LogP contribution is -2.49. The minimum absolute atomic E-state index is 0.0376. The molecule has 3 nitrogen and oxygen atoms in total. The fraction of sp³-hybridized carbons (Fsp3) is 0.800. The molecule has 4 rings (SSSR count). The van der Waals surface area contributed by atoms with Crippen molar-refractivity contribution in [1.82, 2.24) is 0 Å². The smallest absolute Gasteiger partial charge is 0.302 e. The highest BCUT2D eigenvalue weighted by molar-refractivity contribution is 6.14. The van der Waals surface area contributed by atoms with Crippen molar-refractivity contribution < 1.29 is 14.3 Å². The van der Waals surface area contributed by atoms with Crippen LogP contribution in [0.15, 0.2) is 11.6 Å². The number of rotatable bonds is 1. The molecule has 0 aromatic rings. The summed E-state index contributed by atoms with van der Waals surface area (Å²) in [6, 6.07) is 0. The van der Waals surface area contributed by atoms with Crippen LogP contribution in [0.25, 0.3) is 0 Å². The Bertz CT molecular complexity index is 598. The van der Waals surface area contributed by atoms with E-state index in [0.717, 1.165) is 32.1 Å². The molecule has 2 radical (unpaired) electrons. The number of ketones is 1. The summed E-state index contributed by atoms with van der Waals surface area (Å²) in [5, 5.41) is 0. The van der Waals surface area contributed by atoms with Gasteiger partial charge in [0.2, 0.25) is 0 Å². The minimum Gasteiger partial charge on any atom is -0.462 e. The van der Waals surface area contributed by atoms with Crippen molar-refractivity contribution in [2.24, 2.45) is 29.1 Å². The number of esters is 1. The highest BCUT2D eigenvalue weighted by Gasteiger charge is 2.58. The molecule has 0 amide bonds. The number of hydrogen-bond donors (Lipinski definition) is 0. The summed E-state index contributed by atoms with van der Waals surface area (Å²) < 4.78 is 5.68. The highest BCUT2D eigenvalue weighted by atomic mass is 16.5. The summed E-state index contributed by atoms with van der Waals surface area (Å²) in [6.45, 7) is 3.85. The molecule has 4 aliphatic rings. The van der Waals surface area contributed by atoms with Crippen LogP contribution in [-0.4, -0.2) is 25.7 Å². The SMILES string of the molecule is [B]C1CC2C(CC[C@@]3(C)C2CC[C@@H]3OC(C)=O)C2CCC(=O)C=C12. The molecule has 3 fully saturated rings. The van der Waals surface area contributed by atoms with Crippen LogP contribution in [0.1, 0.15) is 58.8 Å². The summed E-state index contributed by atoms with van der Waals surface area (Å²) in [5.74, 6) is 2.54. The molecule has 0 aromatic heterocycles. The molecule has 4 heteroatoms. The summed E-state index contributed by atoms with van der Waals surface area (Å²) >= 11 is 0. The number of fused-ring (bicyclic) bond motifs is 5. The van der Waals surface area contributed by atoms with Gasteiger partial charge in [0.25, 0.3) is 0 Å². The lowest BCUT2D eigenvalue weighted by molar-refractivity contribution is -0.156. The van der Waals surface area contributed by atoms with Gasteiger partial charge in [0.1, 0.15) is 6.10 Å². The van der Waals surface area contributed by atoms with Gasteiger partial charge < -0.3 is 4.74 Å². The standard InChI is InChI=1S/C20H27BO3/c1-11(22)24-19-6-5-17-15-10-18(21)16-9-12(23)3-4-13(16)14(15)7-8-20(17,19)2/h9,13-15,17-19H,3-8,10H2,1-2H3/t13?,14?,15?,17?,18?,19-,20-/m0/s1. The van der Waals surface area contributed by atoms with Crippen molar-refractivity contribution in [3.63, 3.8) is 0 Å². The van der Waals surface area contributed by atoms with Crippen molar-refractivity contribution >= 4 is 19.6 Å². The van der Waals surface area contributed by atoms with E-state index in [1.807, 2.05) is 6.08 Å². The van der Waals surface area contributed by atoms with Gasteiger partial charge in [-0.15, -0.1) is 0 Å². The third kappa shape index (κ3) is 2.40. The van der Waals surface area contributed by atoms with Crippen molar-refractivity contribution in [2.45, 2.75) is 70.7 Å². The molecule has 5 unspecified atom stereocenters.